The highest BCUT2D eigenvalue weighted by Gasteiger charge is 2.16. The van der Waals surface area contributed by atoms with E-state index in [1.165, 1.54) is 109 Å². The Morgan fingerprint density at radius 2 is 0.949 bits per heavy atom. The van der Waals surface area contributed by atoms with E-state index in [0.717, 1.165) is 38.5 Å². The molecule has 0 aromatic carbocycles. The summed E-state index contributed by atoms with van der Waals surface area (Å²) in [5.41, 5.74) is 0. The van der Waals surface area contributed by atoms with Gasteiger partial charge in [-0.15, -0.1) is 0 Å². The zero-order valence-corrected chi connectivity index (χ0v) is 25.9. The Bertz CT molecular complexity index is 560. The Kier molecular flexibility index (Phi) is 30.1. The Morgan fingerprint density at radius 1 is 0.564 bits per heavy atom. The van der Waals surface area contributed by atoms with Gasteiger partial charge in [-0.1, -0.05) is 135 Å². The summed E-state index contributed by atoms with van der Waals surface area (Å²) >= 11 is 0. The molecule has 1 atom stereocenters. The van der Waals surface area contributed by atoms with Crippen LogP contribution in [-0.2, 0) is 19.1 Å². The van der Waals surface area contributed by atoms with Gasteiger partial charge in [-0.05, 0) is 38.5 Å². The van der Waals surface area contributed by atoms with E-state index in [2.05, 4.69) is 26.0 Å². The van der Waals surface area contributed by atoms with E-state index in [9.17, 15) is 14.7 Å². The van der Waals surface area contributed by atoms with Gasteiger partial charge in [0.1, 0.15) is 6.61 Å². The van der Waals surface area contributed by atoms with Crippen LogP contribution in [0.25, 0.3) is 0 Å². The Hall–Kier alpha value is -1.36. The smallest absolute Gasteiger partial charge is 0.306 e. The zero-order valence-electron chi connectivity index (χ0n) is 25.9. The van der Waals surface area contributed by atoms with Crippen molar-refractivity contribution in [2.45, 2.75) is 180 Å². The molecule has 0 aliphatic carbocycles. The van der Waals surface area contributed by atoms with Crippen molar-refractivity contribution in [3.8, 4) is 0 Å². The molecule has 0 radical (unpaired) electrons. The van der Waals surface area contributed by atoms with Crippen LogP contribution in [0.1, 0.15) is 174 Å². The molecule has 0 aromatic heterocycles. The number of unbranched alkanes of at least 4 members (excludes halogenated alkanes) is 20. The molecule has 0 saturated heterocycles. The highest BCUT2D eigenvalue weighted by molar-refractivity contribution is 5.70. The zero-order chi connectivity index (χ0) is 28.7. The van der Waals surface area contributed by atoms with Gasteiger partial charge in [0.2, 0.25) is 0 Å². The summed E-state index contributed by atoms with van der Waals surface area (Å²) in [5, 5.41) is 9.48. The molecule has 0 rings (SSSR count). The Balaban J connectivity index is 3.56. The van der Waals surface area contributed by atoms with Crippen LogP contribution < -0.4 is 0 Å². The summed E-state index contributed by atoms with van der Waals surface area (Å²) in [6, 6.07) is 0. The van der Waals surface area contributed by atoms with Gasteiger partial charge in [-0.3, -0.25) is 9.59 Å². The second kappa shape index (κ2) is 31.2. The quantitative estimate of drug-likeness (QED) is 0.0545. The summed E-state index contributed by atoms with van der Waals surface area (Å²) in [5.74, 6) is -0.594. The van der Waals surface area contributed by atoms with Gasteiger partial charge in [-0.25, -0.2) is 0 Å². The lowest BCUT2D eigenvalue weighted by molar-refractivity contribution is -0.161. The molecule has 39 heavy (non-hydrogen) atoms. The highest BCUT2D eigenvalue weighted by atomic mass is 16.6. The Labute approximate surface area is 241 Å². The molecule has 5 nitrogen and oxygen atoms in total. The number of carbonyl (C=O) groups is 2. The van der Waals surface area contributed by atoms with Crippen LogP contribution in [0.3, 0.4) is 0 Å². The van der Waals surface area contributed by atoms with Crippen molar-refractivity contribution < 1.29 is 24.2 Å². The third kappa shape index (κ3) is 29.4. The molecule has 0 amide bonds. The third-order valence-corrected chi connectivity index (χ3v) is 7.31. The molecule has 0 heterocycles. The average Bonchev–Trinajstić information content (AvgIpc) is 2.94. The molecule has 0 fully saturated rings. The number of aliphatic hydroxyl groups excluding tert-OH is 1. The minimum absolute atomic E-state index is 0.0632. The van der Waals surface area contributed by atoms with Crippen molar-refractivity contribution in [2.24, 2.45) is 0 Å². The van der Waals surface area contributed by atoms with E-state index < -0.39 is 6.10 Å². The summed E-state index contributed by atoms with van der Waals surface area (Å²) in [6.45, 7) is 4.10. The fourth-order valence-corrected chi connectivity index (χ4v) is 4.72. The first-order valence-electron chi connectivity index (χ1n) is 16.7. The molecular weight excluding hydrogens is 488 g/mol. The number of aliphatic hydroxyl groups is 1. The molecule has 0 aliphatic rings. The molecule has 0 aliphatic heterocycles. The lowest BCUT2D eigenvalue weighted by Gasteiger charge is -2.15. The summed E-state index contributed by atoms with van der Waals surface area (Å²) < 4.78 is 10.5. The lowest BCUT2D eigenvalue weighted by atomic mass is 10.1. The van der Waals surface area contributed by atoms with E-state index in [0.29, 0.717) is 12.8 Å². The van der Waals surface area contributed by atoms with Crippen LogP contribution in [0.5, 0.6) is 0 Å². The van der Waals surface area contributed by atoms with Gasteiger partial charge < -0.3 is 14.6 Å². The van der Waals surface area contributed by atoms with Gasteiger partial charge in [0.15, 0.2) is 6.10 Å². The maximum atomic E-state index is 12.0. The van der Waals surface area contributed by atoms with Crippen molar-refractivity contribution in [1.82, 2.24) is 0 Å². The van der Waals surface area contributed by atoms with E-state index in [1.54, 1.807) is 0 Å². The molecule has 0 aromatic rings. The molecule has 5 heteroatoms. The molecule has 0 saturated carbocycles. The van der Waals surface area contributed by atoms with E-state index in [-0.39, 0.29) is 25.2 Å². The normalized spacial score (nSPS) is 12.2. The van der Waals surface area contributed by atoms with Gasteiger partial charge in [-0.2, -0.15) is 0 Å². The standard InChI is InChI=1S/C34H64O5/c1-3-5-7-9-11-13-15-16-17-18-19-21-22-24-26-28-33(36)38-31-32(30-35)39-34(37)29-27-25-23-20-14-12-10-8-6-4-2/h13,15,32,35H,3-12,14,16-31H2,1-2H3/b15-13+/t32-/m0/s1. The predicted molar refractivity (Wildman–Crippen MR) is 164 cm³/mol. The number of esters is 2. The van der Waals surface area contributed by atoms with Gasteiger partial charge in [0, 0.05) is 12.8 Å². The van der Waals surface area contributed by atoms with Crippen molar-refractivity contribution in [1.29, 1.82) is 0 Å². The monoisotopic (exact) mass is 552 g/mol. The second-order valence-corrected chi connectivity index (χ2v) is 11.2. The lowest BCUT2D eigenvalue weighted by Crippen LogP contribution is -2.28. The van der Waals surface area contributed by atoms with Gasteiger partial charge >= 0.3 is 11.9 Å². The summed E-state index contributed by atoms with van der Waals surface area (Å²) in [6.07, 6.45) is 32.6. The molecular formula is C34H64O5. The second-order valence-electron chi connectivity index (χ2n) is 11.2. The maximum absolute atomic E-state index is 12.0. The average molecular weight is 553 g/mol. The maximum Gasteiger partial charge on any atom is 0.306 e. The summed E-state index contributed by atoms with van der Waals surface area (Å²) in [4.78, 5) is 24.0. The first kappa shape index (κ1) is 37.6. The number of ether oxygens (including phenoxy) is 2. The largest absolute Gasteiger partial charge is 0.462 e. The van der Waals surface area contributed by atoms with Crippen molar-refractivity contribution in [2.75, 3.05) is 13.2 Å². The first-order chi connectivity index (χ1) is 19.1. The molecule has 0 unspecified atom stereocenters. The fourth-order valence-electron chi connectivity index (χ4n) is 4.72. The minimum Gasteiger partial charge on any atom is -0.462 e. The van der Waals surface area contributed by atoms with Crippen molar-refractivity contribution >= 4 is 11.9 Å². The minimum atomic E-state index is -0.763. The summed E-state index contributed by atoms with van der Waals surface area (Å²) in [7, 11) is 0. The fraction of sp³-hybridized carbons (Fsp3) is 0.882. The van der Waals surface area contributed by atoms with Crippen LogP contribution in [0.15, 0.2) is 12.2 Å². The van der Waals surface area contributed by atoms with Crippen LogP contribution in [0.2, 0.25) is 0 Å². The third-order valence-electron chi connectivity index (χ3n) is 7.31. The predicted octanol–water partition coefficient (Wildman–Crippen LogP) is 9.78. The highest BCUT2D eigenvalue weighted by Crippen LogP contribution is 2.13. The van der Waals surface area contributed by atoms with E-state index in [1.807, 2.05) is 0 Å². The van der Waals surface area contributed by atoms with Crippen LogP contribution in [-0.4, -0.2) is 36.4 Å². The molecule has 1 N–H and O–H groups in total. The number of rotatable bonds is 30. The van der Waals surface area contributed by atoms with Crippen LogP contribution in [0.4, 0.5) is 0 Å². The molecule has 0 spiro atoms. The van der Waals surface area contributed by atoms with Crippen molar-refractivity contribution in [3.63, 3.8) is 0 Å². The first-order valence-corrected chi connectivity index (χ1v) is 16.7. The molecule has 230 valence electrons. The van der Waals surface area contributed by atoms with Crippen LogP contribution >= 0.6 is 0 Å². The number of hydrogen-bond acceptors (Lipinski definition) is 5. The number of carbonyl (C=O) groups excluding carboxylic acids is 2. The number of hydrogen-bond donors (Lipinski definition) is 1. The Morgan fingerprint density at radius 3 is 1.41 bits per heavy atom. The topological polar surface area (TPSA) is 72.8 Å². The van der Waals surface area contributed by atoms with Crippen LogP contribution in [0, 0.1) is 0 Å². The number of allylic oxidation sites excluding steroid dienone is 2. The van der Waals surface area contributed by atoms with E-state index in [4.69, 9.17) is 9.47 Å². The van der Waals surface area contributed by atoms with Gasteiger partial charge in [0.05, 0.1) is 6.61 Å². The van der Waals surface area contributed by atoms with Gasteiger partial charge in [0.25, 0.3) is 0 Å². The van der Waals surface area contributed by atoms with Crippen molar-refractivity contribution in [3.05, 3.63) is 12.2 Å². The van der Waals surface area contributed by atoms with E-state index >= 15 is 0 Å². The SMILES string of the molecule is CCCCCC/C=C/CCCCCCCCCC(=O)OC[C@H](CO)OC(=O)CCCCCCCCCCCC. The molecule has 0 bridgehead atoms.